The normalized spacial score (nSPS) is 9.86. The van der Waals surface area contributed by atoms with Crippen LogP contribution < -0.4 is 4.74 Å². The Labute approximate surface area is 88.8 Å². The largest absolute Gasteiger partial charge is 0.477 e. The van der Waals surface area contributed by atoms with Crippen molar-refractivity contribution in [1.29, 1.82) is 0 Å². The van der Waals surface area contributed by atoms with Crippen molar-refractivity contribution in [3.05, 3.63) is 29.7 Å². The van der Waals surface area contributed by atoms with E-state index >= 15 is 0 Å². The third-order valence-electron chi connectivity index (χ3n) is 1.77. The summed E-state index contributed by atoms with van der Waals surface area (Å²) in [5, 5.41) is 0.443. The molecule has 0 atom stereocenters. The van der Waals surface area contributed by atoms with Crippen LogP contribution in [0.4, 0.5) is 0 Å². The highest BCUT2D eigenvalue weighted by molar-refractivity contribution is 6.30. The number of allylic oxidation sites excluding steroid dienone is 1. The van der Waals surface area contributed by atoms with Crippen LogP contribution in [0.1, 0.15) is 18.4 Å². The zero-order chi connectivity index (χ0) is 10.4. The number of hydrogen-bond donors (Lipinski definition) is 0. The summed E-state index contributed by atoms with van der Waals surface area (Å²) in [5.74, 6) is 0.564. The summed E-state index contributed by atoms with van der Waals surface area (Å²) in [4.78, 5) is 7.84. The van der Waals surface area contributed by atoms with Crippen LogP contribution in [0, 0.1) is 6.92 Å². The van der Waals surface area contributed by atoms with Gasteiger partial charge in [0.05, 0.1) is 6.61 Å². The molecule has 1 rings (SSSR count). The average Bonchev–Trinajstić information content (AvgIpc) is 2.19. The lowest BCUT2D eigenvalue weighted by Crippen LogP contribution is -2.01. The van der Waals surface area contributed by atoms with Gasteiger partial charge in [-0.1, -0.05) is 17.7 Å². The maximum atomic E-state index is 5.81. The highest BCUT2D eigenvalue weighted by Gasteiger charge is 2.04. The van der Waals surface area contributed by atoms with E-state index in [0.717, 1.165) is 18.4 Å². The minimum absolute atomic E-state index is 0.443. The van der Waals surface area contributed by atoms with Crippen LogP contribution >= 0.6 is 11.6 Å². The van der Waals surface area contributed by atoms with Crippen molar-refractivity contribution in [1.82, 2.24) is 9.97 Å². The Morgan fingerprint density at radius 2 is 2.36 bits per heavy atom. The molecule has 1 aromatic rings. The lowest BCUT2D eigenvalue weighted by molar-refractivity contribution is 0.297. The van der Waals surface area contributed by atoms with Crippen LogP contribution in [0.3, 0.4) is 0 Å². The molecular weight excluding hydrogens is 200 g/mol. The first-order chi connectivity index (χ1) is 6.75. The topological polar surface area (TPSA) is 35.0 Å². The second-order valence-electron chi connectivity index (χ2n) is 2.87. The van der Waals surface area contributed by atoms with Crippen molar-refractivity contribution in [2.75, 3.05) is 6.61 Å². The first kappa shape index (κ1) is 11.0. The molecule has 0 bridgehead atoms. The van der Waals surface area contributed by atoms with E-state index in [-0.39, 0.29) is 0 Å². The number of nitrogens with zero attached hydrogens (tertiary/aromatic N) is 2. The highest BCUT2D eigenvalue weighted by atomic mass is 35.5. The molecule has 0 N–H and O–H groups in total. The molecule has 76 valence electrons. The molecule has 14 heavy (non-hydrogen) atoms. The van der Waals surface area contributed by atoms with Gasteiger partial charge in [-0.3, -0.25) is 0 Å². The summed E-state index contributed by atoms with van der Waals surface area (Å²) in [6, 6.07) is 0. The quantitative estimate of drug-likeness (QED) is 0.428. The highest BCUT2D eigenvalue weighted by Crippen LogP contribution is 2.19. The van der Waals surface area contributed by atoms with Gasteiger partial charge < -0.3 is 4.74 Å². The van der Waals surface area contributed by atoms with Crippen molar-refractivity contribution >= 4 is 11.6 Å². The lowest BCUT2D eigenvalue weighted by atomic mass is 10.3. The van der Waals surface area contributed by atoms with Gasteiger partial charge in [0, 0.05) is 5.56 Å². The van der Waals surface area contributed by atoms with Gasteiger partial charge in [-0.25, -0.2) is 9.97 Å². The summed E-state index contributed by atoms with van der Waals surface area (Å²) < 4.78 is 5.44. The average molecular weight is 213 g/mol. The number of hydrogen-bond acceptors (Lipinski definition) is 3. The zero-order valence-electron chi connectivity index (χ0n) is 8.16. The van der Waals surface area contributed by atoms with Crippen LogP contribution in [0.2, 0.25) is 5.15 Å². The van der Waals surface area contributed by atoms with Crippen molar-refractivity contribution < 1.29 is 4.74 Å². The van der Waals surface area contributed by atoms with Gasteiger partial charge in [-0.05, 0) is 19.8 Å². The summed E-state index contributed by atoms with van der Waals surface area (Å²) in [7, 11) is 0. The minimum atomic E-state index is 0.443. The molecule has 0 radical (unpaired) electrons. The number of ether oxygens (including phenoxy) is 1. The number of unbranched alkanes of at least 4 members (excludes halogenated alkanes) is 1. The van der Waals surface area contributed by atoms with Crippen molar-refractivity contribution in [3.63, 3.8) is 0 Å². The lowest BCUT2D eigenvalue weighted by Gasteiger charge is -2.06. The van der Waals surface area contributed by atoms with Gasteiger partial charge in [-0.2, -0.15) is 0 Å². The molecule has 0 aliphatic carbocycles. The van der Waals surface area contributed by atoms with Crippen molar-refractivity contribution in [2.24, 2.45) is 0 Å². The second-order valence-corrected chi connectivity index (χ2v) is 3.23. The van der Waals surface area contributed by atoms with Gasteiger partial charge in [0.2, 0.25) is 5.88 Å². The van der Waals surface area contributed by atoms with Gasteiger partial charge in [0.1, 0.15) is 11.5 Å². The molecule has 1 aromatic heterocycles. The molecule has 0 unspecified atom stereocenters. The molecule has 0 fully saturated rings. The Kier molecular flexibility index (Phi) is 4.40. The molecule has 0 aromatic carbocycles. The Balaban J connectivity index is 2.50. The van der Waals surface area contributed by atoms with E-state index in [1.165, 1.54) is 6.33 Å². The Morgan fingerprint density at radius 3 is 3.07 bits per heavy atom. The molecule has 0 aliphatic rings. The van der Waals surface area contributed by atoms with Crippen LogP contribution in [0.5, 0.6) is 5.88 Å². The predicted molar refractivity (Wildman–Crippen MR) is 56.7 cm³/mol. The molecule has 0 spiro atoms. The molecule has 0 saturated heterocycles. The molecule has 4 heteroatoms. The van der Waals surface area contributed by atoms with Gasteiger partial charge >= 0.3 is 0 Å². The van der Waals surface area contributed by atoms with E-state index in [1.54, 1.807) is 0 Å². The third-order valence-corrected chi connectivity index (χ3v) is 2.15. The van der Waals surface area contributed by atoms with Gasteiger partial charge in [0.25, 0.3) is 0 Å². The van der Waals surface area contributed by atoms with E-state index < -0.39 is 0 Å². The molecule has 0 saturated carbocycles. The van der Waals surface area contributed by atoms with E-state index in [9.17, 15) is 0 Å². The predicted octanol–water partition coefficient (Wildman–Crippen LogP) is 2.78. The number of halogens is 1. The Hall–Kier alpha value is -1.09. The second kappa shape index (κ2) is 5.60. The van der Waals surface area contributed by atoms with Crippen molar-refractivity contribution in [3.8, 4) is 5.88 Å². The number of rotatable bonds is 5. The van der Waals surface area contributed by atoms with Gasteiger partial charge in [0.15, 0.2) is 0 Å². The number of aromatic nitrogens is 2. The summed E-state index contributed by atoms with van der Waals surface area (Å²) in [6.07, 6.45) is 5.14. The van der Waals surface area contributed by atoms with Crippen LogP contribution in [0.25, 0.3) is 0 Å². The minimum Gasteiger partial charge on any atom is -0.477 e. The SMILES string of the molecule is C=CCCCOc1ncnc(Cl)c1C. The maximum absolute atomic E-state index is 5.81. The third kappa shape index (κ3) is 3.00. The Morgan fingerprint density at radius 1 is 1.57 bits per heavy atom. The summed E-state index contributed by atoms with van der Waals surface area (Å²) in [5.41, 5.74) is 0.785. The Bertz CT molecular complexity index is 315. The first-order valence-electron chi connectivity index (χ1n) is 4.46. The monoisotopic (exact) mass is 212 g/mol. The van der Waals surface area contributed by atoms with E-state index in [2.05, 4.69) is 16.5 Å². The fourth-order valence-corrected chi connectivity index (χ4v) is 1.08. The standard InChI is InChI=1S/C10H13ClN2O/c1-3-4-5-6-14-10-8(2)9(11)12-7-13-10/h3,7H,1,4-6H2,2H3. The molecular formula is C10H13ClN2O. The first-order valence-corrected chi connectivity index (χ1v) is 4.84. The summed E-state index contributed by atoms with van der Waals surface area (Å²) in [6.45, 7) is 6.10. The molecule has 0 amide bonds. The zero-order valence-corrected chi connectivity index (χ0v) is 8.92. The van der Waals surface area contributed by atoms with Crippen LogP contribution in [0.15, 0.2) is 19.0 Å². The van der Waals surface area contributed by atoms with Gasteiger partial charge in [-0.15, -0.1) is 6.58 Å². The molecule has 1 heterocycles. The summed E-state index contributed by atoms with van der Waals surface area (Å²) >= 11 is 5.81. The van der Waals surface area contributed by atoms with E-state index in [4.69, 9.17) is 16.3 Å². The molecule has 0 aliphatic heterocycles. The maximum Gasteiger partial charge on any atom is 0.220 e. The van der Waals surface area contributed by atoms with E-state index in [0.29, 0.717) is 17.6 Å². The fraction of sp³-hybridized carbons (Fsp3) is 0.400. The van der Waals surface area contributed by atoms with Crippen molar-refractivity contribution in [2.45, 2.75) is 19.8 Å². The van der Waals surface area contributed by atoms with E-state index in [1.807, 2.05) is 13.0 Å². The van der Waals surface area contributed by atoms with Crippen LogP contribution in [-0.2, 0) is 0 Å². The van der Waals surface area contributed by atoms with Crippen LogP contribution in [-0.4, -0.2) is 16.6 Å². The molecule has 3 nitrogen and oxygen atoms in total. The smallest absolute Gasteiger partial charge is 0.220 e. The fourth-order valence-electron chi connectivity index (χ4n) is 0.956.